The number of nitrogens with one attached hydrogen (secondary N) is 6. The molecule has 0 radical (unpaired) electrons. The van der Waals surface area contributed by atoms with Gasteiger partial charge in [0, 0.05) is 62.0 Å². The second-order valence-electron chi connectivity index (χ2n) is 33.9. The summed E-state index contributed by atoms with van der Waals surface area (Å²) in [6.45, 7) is 25.3. The Morgan fingerprint density at radius 3 is 1.49 bits per heavy atom. The fourth-order valence-electron chi connectivity index (χ4n) is 15.8. The molecule has 0 bridgehead atoms. The van der Waals surface area contributed by atoms with Gasteiger partial charge in [0.15, 0.2) is 0 Å². The molecule has 4 fully saturated rings. The first-order valence-corrected chi connectivity index (χ1v) is 40.2. The van der Waals surface area contributed by atoms with Gasteiger partial charge in [-0.3, -0.25) is 67.5 Å². The number of hydroxylamine groups is 1. The number of carbonyl (C=O) groups excluding carboxylic acids is 13. The summed E-state index contributed by atoms with van der Waals surface area (Å²) in [6, 6.07) is -13.4. The molecule has 3 unspecified atom stereocenters. The van der Waals surface area contributed by atoms with Crippen molar-refractivity contribution in [3.05, 3.63) is 0 Å². The predicted molar refractivity (Wildman–Crippen MR) is 410 cm³/mol. The van der Waals surface area contributed by atoms with Crippen molar-refractivity contribution in [2.24, 2.45) is 53.3 Å². The van der Waals surface area contributed by atoms with Crippen LogP contribution in [0.1, 0.15) is 232 Å². The molecule has 0 aromatic heterocycles. The van der Waals surface area contributed by atoms with Gasteiger partial charge in [-0.2, -0.15) is 0 Å². The van der Waals surface area contributed by atoms with Crippen LogP contribution in [0.3, 0.4) is 0 Å². The number of methoxy groups -OCH3 is 1. The summed E-state index contributed by atoms with van der Waals surface area (Å²) in [5.41, 5.74) is 1.72. The number of nitrogens with zero attached hydrogens (tertiary/aromatic N) is 7. The fraction of sp³-hybridized carbons (Fsp3) is 0.835. The second kappa shape index (κ2) is 44.7. The number of likely N-dealkylation sites (N-methyl/N-ethyl adjacent to an activating group) is 5. The number of unbranched alkanes of at least 4 members (excludes halogenated alkanes) is 1. The van der Waals surface area contributed by atoms with Crippen molar-refractivity contribution in [3.8, 4) is 0 Å². The molecule has 2 saturated carbocycles. The average Bonchev–Trinajstić information content (AvgIpc) is 0.815. The summed E-state index contributed by atoms with van der Waals surface area (Å²) < 4.78 is 5.79. The van der Waals surface area contributed by atoms with E-state index in [2.05, 4.69) is 26.6 Å². The molecular weight excluding hydrogens is 1390 g/mol. The smallest absolute Gasteiger partial charge is 0.249 e. The largest absolute Gasteiger partial charge is 0.391 e. The molecule has 2 aliphatic heterocycles. The van der Waals surface area contributed by atoms with Crippen molar-refractivity contribution in [2.75, 3.05) is 68.5 Å². The van der Waals surface area contributed by atoms with Gasteiger partial charge in [0.25, 0.3) is 0 Å². The number of aliphatic hydroxyl groups is 1. The average molecular weight is 1530 g/mol. The van der Waals surface area contributed by atoms with Crippen LogP contribution in [0.25, 0.3) is 0 Å². The van der Waals surface area contributed by atoms with E-state index in [-0.39, 0.29) is 99.8 Å². The number of hydrogen-bond acceptors (Lipinski definition) is 16. The standard InChI is InChI=1S/C79H139N13O16/c1-21-22-33-92-45-66(95)86(15)59(37-47(4)5)70(97)81-57(41-54-31-32-55(69(96)85-107)64(43-54)108-20)75(102)90(19)63(40-50(10)11)77(104)88(17)60(38-48(6)7)71(98)82-58(76(103)91-34-27-24-28-35-91)44-65(94)80-56(36-46(2)3)74(101)87(16)62(42-53-29-25-23-26-30-53)73(100)83-67(51(12)13)78(105)89(18)61(39-49(8)9)72(99)84-68(52(14)93)79(92)106/h46-64,67-68,93,107H,21-45H2,1-20H3,(H,80,94)(H,81,97)(H,82,98)(H,83,100)(H,84,99)(H,85,96)/t52-,54?,55?,56-,57+,58+,59+,60+,61+,62+,63+,64?,67+,68+/m1/s1. The first-order chi connectivity index (χ1) is 50.7. The zero-order valence-corrected chi connectivity index (χ0v) is 69.0. The fourth-order valence-corrected chi connectivity index (χ4v) is 15.8. The number of ether oxygens (including phenoxy) is 1. The highest BCUT2D eigenvalue weighted by molar-refractivity contribution is 6.00. The molecule has 29 heteroatoms. The second-order valence-corrected chi connectivity index (χ2v) is 33.9. The van der Waals surface area contributed by atoms with Gasteiger partial charge >= 0.3 is 0 Å². The zero-order valence-electron chi connectivity index (χ0n) is 69.0. The van der Waals surface area contributed by atoms with Crippen molar-refractivity contribution in [2.45, 2.75) is 304 Å². The minimum atomic E-state index is -1.66. The Morgan fingerprint density at radius 1 is 0.500 bits per heavy atom. The lowest BCUT2D eigenvalue weighted by molar-refractivity contribution is -0.151. The highest BCUT2D eigenvalue weighted by Gasteiger charge is 2.46. The number of carbonyl (C=O) groups is 13. The number of hydrogen-bond donors (Lipinski definition) is 8. The molecule has 2 aliphatic carbocycles. The van der Waals surface area contributed by atoms with Gasteiger partial charge in [0.05, 0.1) is 31.1 Å². The Bertz CT molecular complexity index is 2990. The number of amides is 13. The van der Waals surface area contributed by atoms with E-state index in [0.29, 0.717) is 45.2 Å². The van der Waals surface area contributed by atoms with E-state index in [4.69, 9.17) is 4.74 Å². The van der Waals surface area contributed by atoms with E-state index >= 15 is 47.9 Å². The minimum absolute atomic E-state index is 0.00683. The van der Waals surface area contributed by atoms with Crippen LogP contribution in [0.2, 0.25) is 0 Å². The summed E-state index contributed by atoms with van der Waals surface area (Å²) in [7, 11) is 8.64. The van der Waals surface area contributed by atoms with E-state index < -0.39 is 180 Å². The van der Waals surface area contributed by atoms with Gasteiger partial charge in [-0.15, -0.1) is 0 Å². The molecule has 2 heterocycles. The Morgan fingerprint density at radius 2 is 0.972 bits per heavy atom. The topological polar surface area (TPSA) is 366 Å². The predicted octanol–water partition coefficient (Wildman–Crippen LogP) is 5.15. The van der Waals surface area contributed by atoms with E-state index in [1.54, 1.807) is 24.2 Å². The lowest BCUT2D eigenvalue weighted by Gasteiger charge is -2.39. The van der Waals surface area contributed by atoms with Crippen LogP contribution in [0.5, 0.6) is 0 Å². The Kier molecular flexibility index (Phi) is 38.7. The maximum Gasteiger partial charge on any atom is 0.249 e. The molecule has 0 aromatic carbocycles. The monoisotopic (exact) mass is 1530 g/mol. The Hall–Kier alpha value is -7.01. The molecule has 29 nitrogen and oxygen atoms in total. The van der Waals surface area contributed by atoms with E-state index in [0.717, 1.165) is 38.5 Å². The summed E-state index contributed by atoms with van der Waals surface area (Å²) in [5, 5.41) is 35.7. The number of piperidine rings is 1. The Labute approximate surface area is 644 Å². The lowest BCUT2D eigenvalue weighted by Crippen LogP contribution is -2.62. The summed E-state index contributed by atoms with van der Waals surface area (Å²) in [5.74, 6) is -12.0. The van der Waals surface area contributed by atoms with Crippen LogP contribution >= 0.6 is 0 Å². The zero-order chi connectivity index (χ0) is 81.3. The van der Waals surface area contributed by atoms with Crippen molar-refractivity contribution in [1.29, 1.82) is 0 Å². The third-order valence-electron chi connectivity index (χ3n) is 22.2. The molecule has 13 amide bonds. The van der Waals surface area contributed by atoms with Crippen LogP contribution in [0.4, 0.5) is 0 Å². The third kappa shape index (κ3) is 27.5. The van der Waals surface area contributed by atoms with Crippen LogP contribution in [-0.4, -0.2) is 263 Å². The minimum Gasteiger partial charge on any atom is -0.391 e. The van der Waals surface area contributed by atoms with Crippen LogP contribution in [-0.2, 0) is 67.1 Å². The maximum absolute atomic E-state index is 15.8. The van der Waals surface area contributed by atoms with Gasteiger partial charge in [0.2, 0.25) is 76.8 Å². The van der Waals surface area contributed by atoms with Crippen LogP contribution in [0, 0.1) is 53.3 Å². The molecule has 4 aliphatic rings. The van der Waals surface area contributed by atoms with Gasteiger partial charge in [-0.25, -0.2) is 5.48 Å². The van der Waals surface area contributed by atoms with Crippen LogP contribution < -0.4 is 32.1 Å². The molecule has 0 spiro atoms. The highest BCUT2D eigenvalue weighted by Crippen LogP contribution is 2.35. The number of rotatable bonds is 22. The van der Waals surface area contributed by atoms with Crippen molar-refractivity contribution in [1.82, 2.24) is 66.4 Å². The van der Waals surface area contributed by atoms with Crippen molar-refractivity contribution in [3.63, 3.8) is 0 Å². The quantitative estimate of drug-likeness (QED) is 0.0513. The number of aliphatic hydroxyl groups excluding tert-OH is 1. The molecule has 8 N–H and O–H groups in total. The lowest BCUT2D eigenvalue weighted by atomic mass is 9.76. The molecule has 4 rings (SSSR count). The molecule has 14 atom stereocenters. The van der Waals surface area contributed by atoms with E-state index in [9.17, 15) is 24.7 Å². The first kappa shape index (κ1) is 93.4. The summed E-state index contributed by atoms with van der Waals surface area (Å²) in [6.07, 6.45) is 5.93. The number of likely N-dealkylation sites (tertiary alicyclic amines) is 1. The third-order valence-corrected chi connectivity index (χ3v) is 22.2. The first-order valence-electron chi connectivity index (χ1n) is 40.2. The van der Waals surface area contributed by atoms with Crippen molar-refractivity contribution < 1.29 is 77.4 Å². The molecule has 2 saturated heterocycles. The molecular formula is C79H139N13O16. The van der Waals surface area contributed by atoms with Crippen molar-refractivity contribution >= 4 is 76.8 Å². The van der Waals surface area contributed by atoms with Gasteiger partial charge < -0.3 is 70.7 Å². The van der Waals surface area contributed by atoms with Gasteiger partial charge in [-0.05, 0) is 144 Å². The summed E-state index contributed by atoms with van der Waals surface area (Å²) >= 11 is 0. The maximum atomic E-state index is 15.8. The molecule has 0 aromatic rings. The summed E-state index contributed by atoms with van der Waals surface area (Å²) in [4.78, 5) is 205. The Balaban J connectivity index is 2.03. The molecule has 108 heavy (non-hydrogen) atoms. The SMILES string of the molecule is CCCCN1CC(=O)N(C)[C@@H](CC(C)C)C(=O)N[C@@H](CC2CCC(C(=O)NO)C(OC)C2)C(=O)N(C)[C@@H](CC(C)C)C(=O)N(C)[C@@H](CC(C)C)C(=O)N[C@H](C(=O)N2CCCCC2)CC(=O)N[C@H](CC(C)C)C(=O)N(C)[C@@H](CC2CCCCC2)C(=O)N[C@@H](C(C)C)C(=O)N(C)[C@@H](CC(C)C)C(=O)N[C@@H]([C@@H](C)O)C1=O. The normalized spacial score (nSPS) is 28.1. The van der Waals surface area contributed by atoms with Crippen LogP contribution in [0.15, 0.2) is 0 Å². The van der Waals surface area contributed by atoms with E-state index in [1.165, 1.54) is 78.7 Å². The van der Waals surface area contributed by atoms with Gasteiger partial charge in [0.1, 0.15) is 60.4 Å². The highest BCUT2D eigenvalue weighted by atomic mass is 16.5. The van der Waals surface area contributed by atoms with E-state index in [1.807, 2.05) is 76.2 Å². The van der Waals surface area contributed by atoms with Gasteiger partial charge in [-0.1, -0.05) is 129 Å². The molecule has 616 valence electrons.